The first-order valence-corrected chi connectivity index (χ1v) is 10.7. The number of aryl methyl sites for hydroxylation is 1. The fourth-order valence-electron chi connectivity index (χ4n) is 2.89. The molecule has 2 aromatic carbocycles. The molecule has 154 valence electrons. The van der Waals surface area contributed by atoms with Gasteiger partial charge in [0.15, 0.2) is 11.6 Å². The van der Waals surface area contributed by atoms with Gasteiger partial charge in [0.2, 0.25) is 0 Å². The molecule has 8 nitrogen and oxygen atoms in total. The maximum atomic E-state index is 13.1. The van der Waals surface area contributed by atoms with E-state index < -0.39 is 10.0 Å². The van der Waals surface area contributed by atoms with E-state index in [9.17, 15) is 12.8 Å². The Hall–Kier alpha value is -3.53. The molecule has 0 unspecified atom stereocenters. The fourth-order valence-corrected chi connectivity index (χ4v) is 3.89. The number of benzene rings is 2. The molecule has 0 saturated heterocycles. The molecule has 0 saturated carbocycles. The van der Waals surface area contributed by atoms with E-state index in [-0.39, 0.29) is 16.5 Å². The largest absolute Gasteiger partial charge is 0.367 e. The summed E-state index contributed by atoms with van der Waals surface area (Å²) in [6.45, 7) is 0.459. The number of nitrogens with zero attached hydrogens (tertiary/aromatic N) is 4. The topological polar surface area (TPSA) is 102 Å². The molecule has 0 amide bonds. The van der Waals surface area contributed by atoms with Gasteiger partial charge in [-0.1, -0.05) is 24.3 Å². The van der Waals surface area contributed by atoms with Gasteiger partial charge >= 0.3 is 0 Å². The van der Waals surface area contributed by atoms with Gasteiger partial charge < -0.3 is 5.32 Å². The zero-order valence-electron chi connectivity index (χ0n) is 16.1. The molecule has 2 N–H and O–H groups in total. The molecule has 10 heteroatoms. The molecule has 4 rings (SSSR count). The van der Waals surface area contributed by atoms with Crippen molar-refractivity contribution in [3.63, 3.8) is 0 Å². The third-order valence-electron chi connectivity index (χ3n) is 4.41. The van der Waals surface area contributed by atoms with Gasteiger partial charge in [0.25, 0.3) is 10.0 Å². The minimum atomic E-state index is -3.88. The summed E-state index contributed by atoms with van der Waals surface area (Å²) in [6.07, 6.45) is 3.26. The predicted molar refractivity (Wildman–Crippen MR) is 112 cm³/mol. The first-order chi connectivity index (χ1) is 14.4. The van der Waals surface area contributed by atoms with E-state index in [1.165, 1.54) is 29.2 Å². The molecule has 4 aromatic rings. The number of hydrogen-bond donors (Lipinski definition) is 2. The molecule has 0 radical (unpaired) electrons. The Morgan fingerprint density at radius 1 is 1.00 bits per heavy atom. The Balaban J connectivity index is 1.61. The van der Waals surface area contributed by atoms with Crippen LogP contribution in [0.2, 0.25) is 0 Å². The van der Waals surface area contributed by atoms with Crippen LogP contribution in [0, 0.1) is 5.82 Å². The summed E-state index contributed by atoms with van der Waals surface area (Å²) in [4.78, 5) is 8.99. The van der Waals surface area contributed by atoms with E-state index in [1.807, 2.05) is 6.07 Å². The molecule has 0 fully saturated rings. The molecule has 0 aliphatic heterocycles. The molecule has 0 atom stereocenters. The van der Waals surface area contributed by atoms with Gasteiger partial charge in [-0.05, 0) is 36.2 Å². The highest BCUT2D eigenvalue weighted by molar-refractivity contribution is 7.92. The van der Waals surface area contributed by atoms with Crippen LogP contribution in [0.1, 0.15) is 5.56 Å². The Morgan fingerprint density at radius 2 is 1.67 bits per heavy atom. The van der Waals surface area contributed by atoms with Crippen LogP contribution in [0.4, 0.5) is 16.0 Å². The quantitative estimate of drug-likeness (QED) is 0.471. The number of rotatable bonds is 7. The van der Waals surface area contributed by atoms with Crippen LogP contribution < -0.4 is 10.0 Å². The highest BCUT2D eigenvalue weighted by atomic mass is 32.2. The van der Waals surface area contributed by atoms with Crippen molar-refractivity contribution in [2.45, 2.75) is 11.3 Å². The summed E-state index contributed by atoms with van der Waals surface area (Å²) in [5.74, 6) is 0.110. The predicted octanol–water partition coefficient (Wildman–Crippen LogP) is 2.96. The third kappa shape index (κ3) is 4.38. The van der Waals surface area contributed by atoms with Crippen LogP contribution in [0.5, 0.6) is 0 Å². The maximum absolute atomic E-state index is 13.1. The van der Waals surface area contributed by atoms with Crippen LogP contribution in [-0.2, 0) is 23.5 Å². The van der Waals surface area contributed by atoms with Crippen molar-refractivity contribution in [3.05, 3.63) is 72.3 Å². The summed E-state index contributed by atoms with van der Waals surface area (Å²) in [7, 11) is -2.25. The van der Waals surface area contributed by atoms with E-state index in [4.69, 9.17) is 0 Å². The minimum Gasteiger partial charge on any atom is -0.367 e. The lowest BCUT2D eigenvalue weighted by Gasteiger charge is -2.13. The monoisotopic (exact) mass is 426 g/mol. The first-order valence-electron chi connectivity index (χ1n) is 9.17. The number of anilines is 2. The summed E-state index contributed by atoms with van der Waals surface area (Å²) < 4.78 is 42.4. The van der Waals surface area contributed by atoms with Crippen molar-refractivity contribution in [1.29, 1.82) is 0 Å². The lowest BCUT2D eigenvalue weighted by molar-refractivity contribution is 0.601. The van der Waals surface area contributed by atoms with Crippen LogP contribution in [-0.4, -0.2) is 34.7 Å². The average molecular weight is 426 g/mol. The SMILES string of the molecule is Cn1cc(S(=O)(=O)Nc2nc3ccccc3nc2NCCc2ccc(F)cc2)cn1. The molecular weight excluding hydrogens is 407 g/mol. The smallest absolute Gasteiger partial charge is 0.266 e. The zero-order valence-corrected chi connectivity index (χ0v) is 16.9. The zero-order chi connectivity index (χ0) is 21.1. The summed E-state index contributed by atoms with van der Waals surface area (Å²) in [5.41, 5.74) is 2.13. The normalized spacial score (nSPS) is 11.5. The van der Waals surface area contributed by atoms with Crippen LogP contribution in [0.3, 0.4) is 0 Å². The lowest BCUT2D eigenvalue weighted by atomic mass is 10.1. The number of halogens is 1. The van der Waals surface area contributed by atoms with Gasteiger partial charge in [-0.3, -0.25) is 9.40 Å². The average Bonchev–Trinajstić information content (AvgIpc) is 3.17. The summed E-state index contributed by atoms with van der Waals surface area (Å²) in [5, 5.41) is 7.04. The number of nitrogens with one attached hydrogen (secondary N) is 2. The molecule has 0 bridgehead atoms. The van der Waals surface area contributed by atoms with Crippen molar-refractivity contribution < 1.29 is 12.8 Å². The van der Waals surface area contributed by atoms with Crippen LogP contribution >= 0.6 is 0 Å². The van der Waals surface area contributed by atoms with Crippen molar-refractivity contribution in [1.82, 2.24) is 19.7 Å². The molecular formula is C20H19FN6O2S. The number of aromatic nitrogens is 4. The van der Waals surface area contributed by atoms with E-state index in [2.05, 4.69) is 25.1 Å². The minimum absolute atomic E-state index is 0.0252. The summed E-state index contributed by atoms with van der Waals surface area (Å²) >= 11 is 0. The van der Waals surface area contributed by atoms with Crippen molar-refractivity contribution in [2.24, 2.45) is 7.05 Å². The molecule has 0 aliphatic rings. The van der Waals surface area contributed by atoms with Crippen molar-refractivity contribution in [3.8, 4) is 0 Å². The molecule has 2 heterocycles. The Kier molecular flexibility index (Phi) is 5.32. The standard InChI is InChI=1S/C20H19FN6O2S/c1-27-13-16(12-23-27)30(28,29)26-20-19(24-17-4-2-3-5-18(17)25-20)22-11-10-14-6-8-15(21)9-7-14/h2-9,12-13H,10-11H2,1H3,(H,22,24)(H,25,26). The lowest BCUT2D eigenvalue weighted by Crippen LogP contribution is -2.17. The second kappa shape index (κ2) is 8.07. The van der Waals surface area contributed by atoms with Gasteiger partial charge in [0.1, 0.15) is 10.7 Å². The second-order valence-electron chi connectivity index (χ2n) is 6.67. The molecule has 2 aromatic heterocycles. The maximum Gasteiger partial charge on any atom is 0.266 e. The Morgan fingerprint density at radius 3 is 2.30 bits per heavy atom. The number of sulfonamides is 1. The first kappa shape index (κ1) is 19.8. The van der Waals surface area contributed by atoms with Crippen molar-refractivity contribution in [2.75, 3.05) is 16.6 Å². The van der Waals surface area contributed by atoms with Crippen LogP contribution in [0.25, 0.3) is 11.0 Å². The number of fused-ring (bicyclic) bond motifs is 1. The Labute approximate surface area is 172 Å². The highest BCUT2D eigenvalue weighted by Gasteiger charge is 2.20. The van der Waals surface area contributed by atoms with Gasteiger partial charge in [-0.2, -0.15) is 5.10 Å². The molecule has 0 aliphatic carbocycles. The van der Waals surface area contributed by atoms with Gasteiger partial charge in [-0.15, -0.1) is 0 Å². The number of para-hydroxylation sites is 2. The molecule has 30 heavy (non-hydrogen) atoms. The van der Waals surface area contributed by atoms with E-state index >= 15 is 0 Å². The molecule has 0 spiro atoms. The summed E-state index contributed by atoms with van der Waals surface area (Å²) in [6, 6.07) is 13.4. The van der Waals surface area contributed by atoms with Crippen LogP contribution in [0.15, 0.2) is 65.8 Å². The van der Waals surface area contributed by atoms with Crippen molar-refractivity contribution >= 4 is 32.7 Å². The Bertz CT molecular complexity index is 1290. The van der Waals surface area contributed by atoms with E-state index in [0.29, 0.717) is 29.8 Å². The second-order valence-corrected chi connectivity index (χ2v) is 8.35. The van der Waals surface area contributed by atoms with Gasteiger partial charge in [0, 0.05) is 19.8 Å². The highest BCUT2D eigenvalue weighted by Crippen LogP contribution is 2.24. The fraction of sp³-hybridized carbons (Fsp3) is 0.150. The van der Waals surface area contributed by atoms with E-state index in [0.717, 1.165) is 5.56 Å². The van der Waals surface area contributed by atoms with Gasteiger partial charge in [0.05, 0.1) is 17.2 Å². The third-order valence-corrected chi connectivity index (χ3v) is 5.71. The van der Waals surface area contributed by atoms with Gasteiger partial charge in [-0.25, -0.2) is 22.8 Å². The van der Waals surface area contributed by atoms with E-state index in [1.54, 1.807) is 37.4 Å². The number of hydrogen-bond acceptors (Lipinski definition) is 6.